The number of aromatic amines is 1. The molecule has 0 saturated carbocycles. The summed E-state index contributed by atoms with van der Waals surface area (Å²) < 4.78 is 0. The van der Waals surface area contributed by atoms with E-state index in [2.05, 4.69) is 20.3 Å². The highest BCUT2D eigenvalue weighted by molar-refractivity contribution is 5.95. The average molecular weight is 268 g/mol. The number of pyridine rings is 1. The number of aromatic carboxylic acids is 1. The Bertz CT molecular complexity index is 795. The fourth-order valence-electron chi connectivity index (χ4n) is 2.04. The summed E-state index contributed by atoms with van der Waals surface area (Å²) in [6.45, 7) is 0. The first kappa shape index (κ1) is 12.2. The second-order valence-corrected chi connectivity index (χ2v) is 4.25. The fourth-order valence-corrected chi connectivity index (χ4v) is 2.04. The van der Waals surface area contributed by atoms with Crippen LogP contribution in [0.25, 0.3) is 22.6 Å². The smallest absolute Gasteiger partial charge is 0.336 e. The number of carboxylic acid groups (broad SMARTS) is 1. The minimum atomic E-state index is -0.982. The van der Waals surface area contributed by atoms with Crippen molar-refractivity contribution in [1.82, 2.24) is 15.0 Å². The first-order valence-corrected chi connectivity index (χ1v) is 6.06. The van der Waals surface area contributed by atoms with Gasteiger partial charge in [-0.1, -0.05) is 18.2 Å². The number of anilines is 1. The Hall–Kier alpha value is -2.89. The van der Waals surface area contributed by atoms with Gasteiger partial charge in [0.15, 0.2) is 5.65 Å². The van der Waals surface area contributed by atoms with E-state index in [0.717, 1.165) is 5.52 Å². The van der Waals surface area contributed by atoms with Gasteiger partial charge in [-0.15, -0.1) is 0 Å². The van der Waals surface area contributed by atoms with E-state index in [9.17, 15) is 9.90 Å². The molecule has 6 heteroatoms. The number of nitrogens with one attached hydrogen (secondary N) is 2. The van der Waals surface area contributed by atoms with E-state index in [1.54, 1.807) is 31.3 Å². The van der Waals surface area contributed by atoms with Crippen LogP contribution in [0.2, 0.25) is 0 Å². The zero-order chi connectivity index (χ0) is 14.1. The highest BCUT2D eigenvalue weighted by Crippen LogP contribution is 2.23. The Kier molecular flexibility index (Phi) is 2.83. The molecule has 0 aliphatic carbocycles. The first-order valence-electron chi connectivity index (χ1n) is 6.06. The zero-order valence-corrected chi connectivity index (χ0v) is 10.7. The molecule has 0 radical (unpaired) electrons. The number of hydrogen-bond acceptors (Lipinski definition) is 4. The average Bonchev–Trinajstić information content (AvgIpc) is 2.89. The molecule has 0 spiro atoms. The van der Waals surface area contributed by atoms with Gasteiger partial charge in [-0.25, -0.2) is 14.8 Å². The van der Waals surface area contributed by atoms with Crippen LogP contribution in [0.3, 0.4) is 0 Å². The van der Waals surface area contributed by atoms with Crippen molar-refractivity contribution in [2.24, 2.45) is 0 Å². The van der Waals surface area contributed by atoms with Gasteiger partial charge in [0.2, 0.25) is 0 Å². The maximum atomic E-state index is 11.2. The topological polar surface area (TPSA) is 90.9 Å². The number of benzene rings is 1. The molecular formula is C14H12N4O2. The maximum absolute atomic E-state index is 11.2. The van der Waals surface area contributed by atoms with E-state index in [1.165, 1.54) is 0 Å². The van der Waals surface area contributed by atoms with Crippen LogP contribution in [0.5, 0.6) is 0 Å². The molecule has 100 valence electrons. The van der Waals surface area contributed by atoms with Gasteiger partial charge in [0.25, 0.3) is 0 Å². The molecule has 2 aromatic heterocycles. The lowest BCUT2D eigenvalue weighted by Gasteiger charge is -2.01. The van der Waals surface area contributed by atoms with E-state index >= 15 is 0 Å². The van der Waals surface area contributed by atoms with Gasteiger partial charge in [0.1, 0.15) is 11.6 Å². The van der Waals surface area contributed by atoms with Gasteiger partial charge >= 0.3 is 5.97 Å². The molecule has 3 rings (SSSR count). The highest BCUT2D eigenvalue weighted by atomic mass is 16.4. The molecule has 0 aliphatic rings. The second kappa shape index (κ2) is 4.65. The van der Waals surface area contributed by atoms with Crippen LogP contribution in [0, 0.1) is 0 Å². The molecule has 0 unspecified atom stereocenters. The predicted octanol–water partition coefficient (Wildman–Crippen LogP) is 2.36. The number of hydrogen-bond donors (Lipinski definition) is 3. The molecule has 0 amide bonds. The van der Waals surface area contributed by atoms with E-state index in [1.807, 2.05) is 12.1 Å². The Morgan fingerprint density at radius 1 is 1.20 bits per heavy atom. The number of H-pyrrole nitrogens is 1. The van der Waals surface area contributed by atoms with Crippen LogP contribution in [0.15, 0.2) is 36.4 Å². The Labute approximate surface area is 114 Å². The summed E-state index contributed by atoms with van der Waals surface area (Å²) in [6.07, 6.45) is 0. The van der Waals surface area contributed by atoms with Gasteiger partial charge in [-0.3, -0.25) is 0 Å². The second-order valence-electron chi connectivity index (χ2n) is 4.25. The van der Waals surface area contributed by atoms with E-state index in [0.29, 0.717) is 22.9 Å². The SMILES string of the molecule is CNc1ccc2[nH]c(-c3ccccc3C(=O)O)nc2n1. The normalized spacial score (nSPS) is 10.7. The maximum Gasteiger partial charge on any atom is 0.336 e. The van der Waals surface area contributed by atoms with Crippen LogP contribution in [-0.2, 0) is 0 Å². The molecule has 6 nitrogen and oxygen atoms in total. The lowest BCUT2D eigenvalue weighted by molar-refractivity contribution is 0.0697. The molecule has 0 atom stereocenters. The summed E-state index contributed by atoms with van der Waals surface area (Å²) in [5.74, 6) is 0.228. The summed E-state index contributed by atoms with van der Waals surface area (Å²) in [5.41, 5.74) is 2.07. The molecule has 0 fully saturated rings. The minimum absolute atomic E-state index is 0.209. The number of aromatic nitrogens is 3. The Balaban J connectivity index is 2.18. The van der Waals surface area contributed by atoms with Gasteiger partial charge < -0.3 is 15.4 Å². The van der Waals surface area contributed by atoms with Gasteiger partial charge in [0, 0.05) is 12.6 Å². The molecule has 0 aliphatic heterocycles. The van der Waals surface area contributed by atoms with E-state index < -0.39 is 5.97 Å². The van der Waals surface area contributed by atoms with Crippen LogP contribution >= 0.6 is 0 Å². The summed E-state index contributed by atoms with van der Waals surface area (Å²) in [4.78, 5) is 23.0. The first-order chi connectivity index (χ1) is 9.69. The third-order valence-corrected chi connectivity index (χ3v) is 3.01. The number of carboxylic acids is 1. The van der Waals surface area contributed by atoms with Crippen molar-refractivity contribution in [2.45, 2.75) is 0 Å². The molecule has 0 bridgehead atoms. The Morgan fingerprint density at radius 3 is 2.75 bits per heavy atom. The number of imidazole rings is 1. The molecular weight excluding hydrogens is 256 g/mol. The van der Waals surface area contributed by atoms with Crippen LogP contribution < -0.4 is 5.32 Å². The molecule has 1 aromatic carbocycles. The number of nitrogens with zero attached hydrogens (tertiary/aromatic N) is 2. The van der Waals surface area contributed by atoms with Crippen molar-refractivity contribution in [3.63, 3.8) is 0 Å². The third kappa shape index (κ3) is 1.97. The van der Waals surface area contributed by atoms with Crippen molar-refractivity contribution < 1.29 is 9.90 Å². The number of fused-ring (bicyclic) bond motifs is 1. The predicted molar refractivity (Wildman–Crippen MR) is 75.8 cm³/mol. The lowest BCUT2D eigenvalue weighted by atomic mass is 10.1. The molecule has 0 saturated heterocycles. The van der Waals surface area contributed by atoms with Crippen molar-refractivity contribution in [1.29, 1.82) is 0 Å². The number of rotatable bonds is 3. The lowest BCUT2D eigenvalue weighted by Crippen LogP contribution is -1.99. The summed E-state index contributed by atoms with van der Waals surface area (Å²) in [5, 5.41) is 12.2. The van der Waals surface area contributed by atoms with Gasteiger partial charge in [-0.05, 0) is 18.2 Å². The standard InChI is InChI=1S/C14H12N4O2/c1-15-11-7-6-10-13(17-11)18-12(16-10)8-4-2-3-5-9(8)14(19)20/h2-7H,1H3,(H,19,20)(H2,15,16,17,18). The minimum Gasteiger partial charge on any atom is -0.478 e. The van der Waals surface area contributed by atoms with Crippen LogP contribution in [0.1, 0.15) is 10.4 Å². The van der Waals surface area contributed by atoms with Crippen molar-refractivity contribution in [2.75, 3.05) is 12.4 Å². The van der Waals surface area contributed by atoms with Crippen molar-refractivity contribution in [3.8, 4) is 11.4 Å². The Morgan fingerprint density at radius 2 is 2.00 bits per heavy atom. The van der Waals surface area contributed by atoms with Crippen LogP contribution in [0.4, 0.5) is 5.82 Å². The molecule has 20 heavy (non-hydrogen) atoms. The van der Waals surface area contributed by atoms with Gasteiger partial charge in [-0.2, -0.15) is 0 Å². The van der Waals surface area contributed by atoms with Crippen molar-refractivity contribution in [3.05, 3.63) is 42.0 Å². The fraction of sp³-hybridized carbons (Fsp3) is 0.0714. The monoisotopic (exact) mass is 268 g/mol. The number of carbonyl (C=O) groups is 1. The summed E-state index contributed by atoms with van der Waals surface area (Å²) in [6, 6.07) is 10.4. The van der Waals surface area contributed by atoms with Crippen LogP contribution in [-0.4, -0.2) is 33.1 Å². The zero-order valence-electron chi connectivity index (χ0n) is 10.7. The van der Waals surface area contributed by atoms with Gasteiger partial charge in [0.05, 0.1) is 11.1 Å². The third-order valence-electron chi connectivity index (χ3n) is 3.01. The molecule has 3 N–H and O–H groups in total. The van der Waals surface area contributed by atoms with Crippen molar-refractivity contribution >= 4 is 23.0 Å². The quantitative estimate of drug-likeness (QED) is 0.678. The highest BCUT2D eigenvalue weighted by Gasteiger charge is 2.14. The van der Waals surface area contributed by atoms with E-state index in [-0.39, 0.29) is 5.56 Å². The molecule has 3 aromatic rings. The van der Waals surface area contributed by atoms with E-state index in [4.69, 9.17) is 0 Å². The summed E-state index contributed by atoms with van der Waals surface area (Å²) >= 11 is 0. The molecule has 2 heterocycles. The largest absolute Gasteiger partial charge is 0.478 e. The summed E-state index contributed by atoms with van der Waals surface area (Å²) in [7, 11) is 1.78.